The zero-order valence-corrected chi connectivity index (χ0v) is 13.8. The zero-order chi connectivity index (χ0) is 14.8. The van der Waals surface area contributed by atoms with Crippen molar-refractivity contribution in [2.75, 3.05) is 39.3 Å². The van der Waals surface area contributed by atoms with Crippen LogP contribution in [0.5, 0.6) is 0 Å². The van der Waals surface area contributed by atoms with Crippen LogP contribution in [-0.2, 0) is 6.42 Å². The first-order valence-electron chi connectivity index (χ1n) is 8.87. The molecule has 2 nitrogen and oxygen atoms in total. The minimum atomic E-state index is 1.22. The van der Waals surface area contributed by atoms with E-state index in [1.807, 2.05) is 0 Å². The molecule has 1 fully saturated rings. The number of rotatable bonds is 8. The van der Waals surface area contributed by atoms with Crippen molar-refractivity contribution in [2.45, 2.75) is 45.4 Å². The second-order valence-electron chi connectivity index (χ2n) is 6.28. The first-order valence-corrected chi connectivity index (χ1v) is 8.87. The Morgan fingerprint density at radius 1 is 0.810 bits per heavy atom. The Kier molecular flexibility index (Phi) is 7.83. The zero-order valence-electron chi connectivity index (χ0n) is 13.8. The van der Waals surface area contributed by atoms with E-state index in [-0.39, 0.29) is 0 Å². The van der Waals surface area contributed by atoms with Crippen molar-refractivity contribution >= 4 is 0 Å². The summed E-state index contributed by atoms with van der Waals surface area (Å²) in [6, 6.07) is 10.9. The number of hydrogen-bond donors (Lipinski definition) is 0. The molecular weight excluding hydrogens is 256 g/mol. The summed E-state index contributed by atoms with van der Waals surface area (Å²) in [6.45, 7) is 9.95. The highest BCUT2D eigenvalue weighted by molar-refractivity contribution is 5.14. The van der Waals surface area contributed by atoms with Crippen LogP contribution in [0.3, 0.4) is 0 Å². The lowest BCUT2D eigenvalue weighted by Gasteiger charge is -2.20. The predicted octanol–water partition coefficient (Wildman–Crippen LogP) is 3.82. The third-order valence-corrected chi connectivity index (χ3v) is 4.66. The van der Waals surface area contributed by atoms with Crippen molar-refractivity contribution < 1.29 is 0 Å². The fraction of sp³-hybridized carbons (Fsp3) is 0.684. The van der Waals surface area contributed by atoms with Gasteiger partial charge in [-0.05, 0) is 57.4 Å². The normalized spacial score (nSPS) is 17.8. The van der Waals surface area contributed by atoms with Gasteiger partial charge in [0.2, 0.25) is 0 Å². The topological polar surface area (TPSA) is 6.48 Å². The maximum Gasteiger partial charge on any atom is 0.0109 e. The van der Waals surface area contributed by atoms with E-state index < -0.39 is 0 Å². The summed E-state index contributed by atoms with van der Waals surface area (Å²) in [6.07, 6.45) is 8.08. The molecule has 0 amide bonds. The summed E-state index contributed by atoms with van der Waals surface area (Å²) in [5.74, 6) is 0. The summed E-state index contributed by atoms with van der Waals surface area (Å²) < 4.78 is 0. The highest BCUT2D eigenvalue weighted by Gasteiger charge is 2.12. The lowest BCUT2D eigenvalue weighted by atomic mass is 10.1. The van der Waals surface area contributed by atoms with Crippen molar-refractivity contribution in [2.24, 2.45) is 0 Å². The second kappa shape index (κ2) is 9.97. The van der Waals surface area contributed by atoms with E-state index in [1.165, 1.54) is 83.4 Å². The average molecular weight is 288 g/mol. The molecular formula is C19H32N2. The van der Waals surface area contributed by atoms with E-state index in [0.29, 0.717) is 0 Å². The van der Waals surface area contributed by atoms with E-state index in [0.717, 1.165) is 0 Å². The van der Waals surface area contributed by atoms with Gasteiger partial charge in [0.1, 0.15) is 0 Å². The minimum absolute atomic E-state index is 1.22. The van der Waals surface area contributed by atoms with Crippen LogP contribution in [0.4, 0.5) is 0 Å². The summed E-state index contributed by atoms with van der Waals surface area (Å²) in [5.41, 5.74) is 1.49. The van der Waals surface area contributed by atoms with Crippen molar-refractivity contribution in [3.8, 4) is 0 Å². The molecule has 0 aromatic heterocycles. The average Bonchev–Trinajstić information content (AvgIpc) is 2.77. The van der Waals surface area contributed by atoms with Crippen LogP contribution >= 0.6 is 0 Å². The smallest absolute Gasteiger partial charge is 0.0109 e. The fourth-order valence-electron chi connectivity index (χ4n) is 3.23. The fourth-order valence-corrected chi connectivity index (χ4v) is 3.23. The van der Waals surface area contributed by atoms with Gasteiger partial charge in [0.15, 0.2) is 0 Å². The summed E-state index contributed by atoms with van der Waals surface area (Å²) in [5, 5.41) is 0. The number of hydrogen-bond acceptors (Lipinski definition) is 2. The summed E-state index contributed by atoms with van der Waals surface area (Å²) in [4.78, 5) is 5.26. The number of benzene rings is 1. The predicted molar refractivity (Wildman–Crippen MR) is 91.8 cm³/mol. The van der Waals surface area contributed by atoms with Crippen molar-refractivity contribution in [3.05, 3.63) is 35.9 Å². The highest BCUT2D eigenvalue weighted by Crippen LogP contribution is 2.09. The molecule has 0 radical (unpaired) electrons. The van der Waals surface area contributed by atoms with Crippen LogP contribution in [0, 0.1) is 0 Å². The van der Waals surface area contributed by atoms with Crippen molar-refractivity contribution in [3.63, 3.8) is 0 Å². The molecule has 21 heavy (non-hydrogen) atoms. The number of aryl methyl sites for hydroxylation is 1. The standard InChI is InChI=1S/C19H32N2/c1-2-20-15-10-16-21(18-17-20)14-9-4-3-6-11-19-12-7-5-8-13-19/h5,7-8,12-13H,2-4,6,9-11,14-18H2,1H3. The van der Waals surface area contributed by atoms with Gasteiger partial charge in [-0.1, -0.05) is 50.1 Å². The largest absolute Gasteiger partial charge is 0.302 e. The molecule has 1 aliphatic heterocycles. The van der Waals surface area contributed by atoms with Gasteiger partial charge in [0.25, 0.3) is 0 Å². The quantitative estimate of drug-likeness (QED) is 0.671. The molecule has 2 heteroatoms. The molecule has 0 unspecified atom stereocenters. The maximum absolute atomic E-state index is 2.67. The first kappa shape index (κ1) is 16.5. The minimum Gasteiger partial charge on any atom is -0.302 e. The summed E-state index contributed by atoms with van der Waals surface area (Å²) in [7, 11) is 0. The lowest BCUT2D eigenvalue weighted by molar-refractivity contribution is 0.259. The van der Waals surface area contributed by atoms with Gasteiger partial charge in [-0.3, -0.25) is 0 Å². The molecule has 0 N–H and O–H groups in total. The second-order valence-corrected chi connectivity index (χ2v) is 6.28. The van der Waals surface area contributed by atoms with Gasteiger partial charge in [0.05, 0.1) is 0 Å². The Balaban J connectivity index is 1.50. The molecule has 1 aromatic carbocycles. The van der Waals surface area contributed by atoms with Gasteiger partial charge in [0, 0.05) is 13.1 Å². The SMILES string of the molecule is CCN1CCCN(CCCCCCc2ccccc2)CC1. The Hall–Kier alpha value is -0.860. The van der Waals surface area contributed by atoms with E-state index in [4.69, 9.17) is 0 Å². The molecule has 2 rings (SSSR count). The lowest BCUT2D eigenvalue weighted by Crippen LogP contribution is -2.31. The third-order valence-electron chi connectivity index (χ3n) is 4.66. The van der Waals surface area contributed by atoms with Crippen LogP contribution in [0.15, 0.2) is 30.3 Å². The summed E-state index contributed by atoms with van der Waals surface area (Å²) >= 11 is 0. The van der Waals surface area contributed by atoms with Crippen LogP contribution < -0.4 is 0 Å². The Morgan fingerprint density at radius 3 is 2.33 bits per heavy atom. The van der Waals surface area contributed by atoms with Gasteiger partial charge in [-0.15, -0.1) is 0 Å². The number of likely N-dealkylation sites (N-methyl/N-ethyl adjacent to an activating group) is 1. The van der Waals surface area contributed by atoms with Crippen LogP contribution in [0.2, 0.25) is 0 Å². The van der Waals surface area contributed by atoms with Crippen molar-refractivity contribution in [1.29, 1.82) is 0 Å². The monoisotopic (exact) mass is 288 g/mol. The molecule has 0 saturated carbocycles. The Labute approximate surface area is 131 Å². The molecule has 0 aliphatic carbocycles. The number of nitrogens with zero attached hydrogens (tertiary/aromatic N) is 2. The van der Waals surface area contributed by atoms with Crippen molar-refractivity contribution in [1.82, 2.24) is 9.80 Å². The highest BCUT2D eigenvalue weighted by atomic mass is 15.2. The molecule has 118 valence electrons. The van der Waals surface area contributed by atoms with E-state index >= 15 is 0 Å². The van der Waals surface area contributed by atoms with Gasteiger partial charge in [-0.25, -0.2) is 0 Å². The van der Waals surface area contributed by atoms with Gasteiger partial charge < -0.3 is 9.80 Å². The van der Waals surface area contributed by atoms with E-state index in [9.17, 15) is 0 Å². The molecule has 1 aromatic rings. The van der Waals surface area contributed by atoms with E-state index in [2.05, 4.69) is 47.1 Å². The van der Waals surface area contributed by atoms with Crippen LogP contribution in [-0.4, -0.2) is 49.1 Å². The van der Waals surface area contributed by atoms with Gasteiger partial charge in [-0.2, -0.15) is 0 Å². The molecule has 1 saturated heterocycles. The molecule has 1 aliphatic rings. The van der Waals surface area contributed by atoms with Gasteiger partial charge >= 0.3 is 0 Å². The third kappa shape index (κ3) is 6.62. The Morgan fingerprint density at radius 2 is 1.52 bits per heavy atom. The van der Waals surface area contributed by atoms with Crippen LogP contribution in [0.1, 0.15) is 44.6 Å². The molecule has 0 atom stereocenters. The first-order chi connectivity index (χ1) is 10.4. The molecule has 0 spiro atoms. The van der Waals surface area contributed by atoms with Crippen LogP contribution in [0.25, 0.3) is 0 Å². The molecule has 1 heterocycles. The van der Waals surface area contributed by atoms with E-state index in [1.54, 1.807) is 0 Å². The molecule has 0 bridgehead atoms. The Bertz CT molecular complexity index is 363. The number of unbranched alkanes of at least 4 members (excludes halogenated alkanes) is 3. The maximum atomic E-state index is 2.67.